The first-order valence-electron chi connectivity index (χ1n) is 6.61. The highest BCUT2D eigenvalue weighted by Gasteiger charge is 2.13. The monoisotopic (exact) mass is 261 g/mol. The second-order valence-electron chi connectivity index (χ2n) is 5.05. The van der Waals surface area contributed by atoms with Gasteiger partial charge in [0.05, 0.1) is 5.69 Å². The Kier molecular flexibility index (Phi) is 3.00. The van der Waals surface area contributed by atoms with Gasteiger partial charge in [0.25, 0.3) is 0 Å². The van der Waals surface area contributed by atoms with Crippen LogP contribution in [0.3, 0.4) is 0 Å². The lowest BCUT2D eigenvalue weighted by atomic mass is 10.1. The van der Waals surface area contributed by atoms with E-state index >= 15 is 0 Å². The Bertz CT molecular complexity index is 822. The zero-order valence-electron chi connectivity index (χ0n) is 11.6. The van der Waals surface area contributed by atoms with E-state index < -0.39 is 0 Å². The summed E-state index contributed by atoms with van der Waals surface area (Å²) in [5.74, 6) is 0. The fourth-order valence-electron chi connectivity index (χ4n) is 2.55. The molecule has 0 saturated carbocycles. The molecule has 3 heteroatoms. The van der Waals surface area contributed by atoms with Gasteiger partial charge in [-0.05, 0) is 31.5 Å². The van der Waals surface area contributed by atoms with Gasteiger partial charge in [0.15, 0.2) is 0 Å². The molecule has 0 aliphatic rings. The van der Waals surface area contributed by atoms with Crippen molar-refractivity contribution < 1.29 is 0 Å². The topological polar surface area (TPSA) is 41.1 Å². The van der Waals surface area contributed by atoms with E-state index in [4.69, 9.17) is 0 Å². The first kappa shape index (κ1) is 12.4. The van der Waals surface area contributed by atoms with Gasteiger partial charge in [-0.25, -0.2) is 4.98 Å². The molecule has 0 spiro atoms. The molecule has 20 heavy (non-hydrogen) atoms. The summed E-state index contributed by atoms with van der Waals surface area (Å²) in [6.07, 6.45) is 0.686. The SMILES string of the molecule is Cc1cccc(Cc2nc3cccc(C)n3c2C#N)c1. The van der Waals surface area contributed by atoms with Crippen molar-refractivity contribution in [2.75, 3.05) is 0 Å². The molecule has 0 saturated heterocycles. The molecule has 0 radical (unpaired) electrons. The summed E-state index contributed by atoms with van der Waals surface area (Å²) < 4.78 is 1.92. The molecule has 3 nitrogen and oxygen atoms in total. The lowest BCUT2D eigenvalue weighted by molar-refractivity contribution is 1.05. The molecule has 0 fully saturated rings. The third kappa shape index (κ3) is 2.06. The van der Waals surface area contributed by atoms with E-state index in [9.17, 15) is 5.26 Å². The molecular weight excluding hydrogens is 246 g/mol. The minimum atomic E-state index is 0.639. The molecule has 0 amide bonds. The first-order chi connectivity index (χ1) is 9.69. The Morgan fingerprint density at radius 2 is 1.95 bits per heavy atom. The Labute approximate surface area is 118 Å². The highest BCUT2D eigenvalue weighted by Crippen LogP contribution is 2.18. The largest absolute Gasteiger partial charge is 0.288 e. The van der Waals surface area contributed by atoms with E-state index in [1.165, 1.54) is 11.1 Å². The van der Waals surface area contributed by atoms with Gasteiger partial charge < -0.3 is 0 Å². The van der Waals surface area contributed by atoms with Gasteiger partial charge in [-0.15, -0.1) is 0 Å². The van der Waals surface area contributed by atoms with Crippen molar-refractivity contribution in [3.05, 3.63) is 70.7 Å². The molecular formula is C17H15N3. The number of hydrogen-bond donors (Lipinski definition) is 0. The van der Waals surface area contributed by atoms with Gasteiger partial charge in [-0.2, -0.15) is 5.26 Å². The lowest BCUT2D eigenvalue weighted by Gasteiger charge is -2.01. The van der Waals surface area contributed by atoms with Crippen molar-refractivity contribution in [2.24, 2.45) is 0 Å². The Morgan fingerprint density at radius 3 is 2.70 bits per heavy atom. The highest BCUT2D eigenvalue weighted by molar-refractivity contribution is 5.50. The van der Waals surface area contributed by atoms with Crippen molar-refractivity contribution in [2.45, 2.75) is 20.3 Å². The van der Waals surface area contributed by atoms with Gasteiger partial charge in [0.2, 0.25) is 0 Å². The van der Waals surface area contributed by atoms with Gasteiger partial charge >= 0.3 is 0 Å². The molecule has 0 aliphatic heterocycles. The fourth-order valence-corrected chi connectivity index (χ4v) is 2.55. The predicted molar refractivity (Wildman–Crippen MR) is 78.6 cm³/mol. The molecule has 2 aromatic heterocycles. The average Bonchev–Trinajstić information content (AvgIpc) is 2.77. The summed E-state index contributed by atoms with van der Waals surface area (Å²) in [4.78, 5) is 4.61. The first-order valence-corrected chi connectivity index (χ1v) is 6.61. The molecule has 2 heterocycles. The predicted octanol–water partition coefficient (Wildman–Crippen LogP) is 3.41. The van der Waals surface area contributed by atoms with Crippen LogP contribution in [0.25, 0.3) is 5.65 Å². The van der Waals surface area contributed by atoms with Crippen LogP contribution in [-0.4, -0.2) is 9.38 Å². The van der Waals surface area contributed by atoms with E-state index in [-0.39, 0.29) is 0 Å². The zero-order valence-corrected chi connectivity index (χ0v) is 11.6. The standard InChI is InChI=1S/C17H15N3/c1-12-5-3-7-14(9-12)10-15-16(11-18)20-13(2)6-4-8-17(20)19-15/h3-9H,10H2,1-2H3. The van der Waals surface area contributed by atoms with Crippen LogP contribution < -0.4 is 0 Å². The summed E-state index contributed by atoms with van der Waals surface area (Å²) in [7, 11) is 0. The van der Waals surface area contributed by atoms with Crippen LogP contribution in [0.1, 0.15) is 28.2 Å². The summed E-state index contributed by atoms with van der Waals surface area (Å²) in [5, 5.41) is 9.45. The van der Waals surface area contributed by atoms with Gasteiger partial charge in [-0.3, -0.25) is 4.40 Å². The maximum atomic E-state index is 9.45. The lowest BCUT2D eigenvalue weighted by Crippen LogP contribution is -1.96. The van der Waals surface area contributed by atoms with Crippen molar-refractivity contribution in [3.63, 3.8) is 0 Å². The zero-order chi connectivity index (χ0) is 14.1. The number of benzene rings is 1. The number of fused-ring (bicyclic) bond motifs is 1. The Morgan fingerprint density at radius 1 is 1.15 bits per heavy atom. The number of nitriles is 1. The number of nitrogens with zero attached hydrogens (tertiary/aromatic N) is 3. The van der Waals surface area contributed by atoms with Crippen molar-refractivity contribution in [1.29, 1.82) is 5.26 Å². The number of aromatic nitrogens is 2. The summed E-state index contributed by atoms with van der Waals surface area (Å²) >= 11 is 0. The number of hydrogen-bond acceptors (Lipinski definition) is 2. The Balaban J connectivity index is 2.13. The third-order valence-electron chi connectivity index (χ3n) is 3.47. The quantitative estimate of drug-likeness (QED) is 0.709. The smallest absolute Gasteiger partial charge is 0.148 e. The molecule has 1 aromatic carbocycles. The molecule has 3 rings (SSSR count). The normalized spacial score (nSPS) is 10.7. The maximum absolute atomic E-state index is 9.45. The van der Waals surface area contributed by atoms with Crippen LogP contribution in [-0.2, 0) is 6.42 Å². The minimum Gasteiger partial charge on any atom is -0.288 e. The number of pyridine rings is 1. The third-order valence-corrected chi connectivity index (χ3v) is 3.47. The summed E-state index contributed by atoms with van der Waals surface area (Å²) in [6, 6.07) is 16.5. The van der Waals surface area contributed by atoms with E-state index in [0.29, 0.717) is 12.1 Å². The fraction of sp³-hybridized carbons (Fsp3) is 0.176. The molecule has 0 unspecified atom stereocenters. The number of rotatable bonds is 2. The minimum absolute atomic E-state index is 0.639. The molecule has 0 bridgehead atoms. The van der Waals surface area contributed by atoms with E-state index in [0.717, 1.165) is 17.0 Å². The highest BCUT2D eigenvalue weighted by atomic mass is 15.0. The maximum Gasteiger partial charge on any atom is 0.148 e. The van der Waals surface area contributed by atoms with Crippen LogP contribution in [0.2, 0.25) is 0 Å². The second kappa shape index (κ2) is 4.82. The van der Waals surface area contributed by atoms with Crippen LogP contribution in [0, 0.1) is 25.2 Å². The van der Waals surface area contributed by atoms with Crippen molar-refractivity contribution in [3.8, 4) is 6.07 Å². The molecule has 0 aliphatic carbocycles. The van der Waals surface area contributed by atoms with Gasteiger partial charge in [0.1, 0.15) is 17.4 Å². The van der Waals surface area contributed by atoms with Crippen LogP contribution in [0.15, 0.2) is 42.5 Å². The molecule has 3 aromatic rings. The number of aryl methyl sites for hydroxylation is 2. The van der Waals surface area contributed by atoms with Crippen LogP contribution in [0.5, 0.6) is 0 Å². The summed E-state index contributed by atoms with van der Waals surface area (Å²) in [5.41, 5.74) is 5.75. The number of imidazole rings is 1. The molecule has 0 atom stereocenters. The van der Waals surface area contributed by atoms with Crippen molar-refractivity contribution in [1.82, 2.24) is 9.38 Å². The Hall–Kier alpha value is -2.60. The molecule has 0 N–H and O–H groups in total. The van der Waals surface area contributed by atoms with Crippen LogP contribution in [0.4, 0.5) is 0 Å². The van der Waals surface area contributed by atoms with Gasteiger partial charge in [0, 0.05) is 12.1 Å². The van der Waals surface area contributed by atoms with E-state index in [1.54, 1.807) is 0 Å². The van der Waals surface area contributed by atoms with Gasteiger partial charge in [-0.1, -0.05) is 35.9 Å². The van der Waals surface area contributed by atoms with E-state index in [1.807, 2.05) is 35.6 Å². The molecule has 98 valence electrons. The van der Waals surface area contributed by atoms with Crippen molar-refractivity contribution >= 4 is 5.65 Å². The van der Waals surface area contributed by atoms with E-state index in [2.05, 4.69) is 36.2 Å². The average molecular weight is 261 g/mol. The second-order valence-corrected chi connectivity index (χ2v) is 5.05. The van der Waals surface area contributed by atoms with Crippen LogP contribution >= 0.6 is 0 Å². The summed E-state index contributed by atoms with van der Waals surface area (Å²) in [6.45, 7) is 4.06.